The molecule has 1 fully saturated rings. The lowest BCUT2D eigenvalue weighted by molar-refractivity contribution is 0.0683. The van der Waals surface area contributed by atoms with Crippen LogP contribution in [0.25, 0.3) is 5.69 Å². The Balaban J connectivity index is 1.85. The zero-order chi connectivity index (χ0) is 17.3. The molecule has 0 spiro atoms. The molecule has 0 saturated carbocycles. The summed E-state index contributed by atoms with van der Waals surface area (Å²) >= 11 is 11.6. The largest absolute Gasteiger partial charge is 0.338 e. The number of halogens is 2. The van der Waals surface area contributed by atoms with Gasteiger partial charge in [-0.05, 0) is 43.0 Å². The van der Waals surface area contributed by atoms with E-state index in [-0.39, 0.29) is 16.0 Å². The van der Waals surface area contributed by atoms with Crippen LogP contribution in [0.2, 0.25) is 10.0 Å². The van der Waals surface area contributed by atoms with Crippen LogP contribution in [0.4, 0.5) is 0 Å². The minimum atomic E-state index is -0.493. The highest BCUT2D eigenvalue weighted by molar-refractivity contribution is 6.41. The van der Waals surface area contributed by atoms with Gasteiger partial charge in [0.25, 0.3) is 11.5 Å². The number of carbonyl (C=O) groups is 1. The zero-order valence-electron chi connectivity index (χ0n) is 13.2. The lowest BCUT2D eigenvalue weighted by Gasteiger charge is -2.31. The number of hydrogen-bond donors (Lipinski definition) is 0. The van der Waals surface area contributed by atoms with Crippen LogP contribution >= 0.6 is 23.2 Å². The highest BCUT2D eigenvalue weighted by Crippen LogP contribution is 2.19. The Morgan fingerprint density at radius 3 is 2.62 bits per heavy atom. The van der Waals surface area contributed by atoms with Crippen molar-refractivity contribution in [2.24, 2.45) is 5.92 Å². The van der Waals surface area contributed by atoms with Crippen molar-refractivity contribution in [3.63, 3.8) is 0 Å². The topological polar surface area (TPSA) is 55.2 Å². The molecule has 0 aliphatic carbocycles. The maximum Gasteiger partial charge on any atom is 0.291 e. The fraction of sp³-hybridized carbons (Fsp3) is 0.353. The van der Waals surface area contributed by atoms with Crippen molar-refractivity contribution in [3.8, 4) is 5.69 Å². The van der Waals surface area contributed by atoms with Gasteiger partial charge in [-0.3, -0.25) is 9.59 Å². The summed E-state index contributed by atoms with van der Waals surface area (Å²) in [6.07, 6.45) is 3.52. The molecule has 1 saturated heterocycles. The molecule has 0 bridgehead atoms. The van der Waals surface area contributed by atoms with E-state index in [4.69, 9.17) is 23.2 Å². The van der Waals surface area contributed by atoms with Gasteiger partial charge in [0.2, 0.25) is 0 Å². The summed E-state index contributed by atoms with van der Waals surface area (Å²) in [4.78, 5) is 26.5. The standard InChI is InChI=1S/C17H17Cl2N3O2/c1-11-3-2-8-21(10-11)16(23)12-4-6-13(7-5-12)22-17(24)15(19)14(18)9-20-22/h4-7,9,11H,2-3,8,10H2,1H3. The first-order valence-electron chi connectivity index (χ1n) is 7.80. The molecular formula is C17H17Cl2N3O2. The van der Waals surface area contributed by atoms with Crippen molar-refractivity contribution in [2.75, 3.05) is 13.1 Å². The second kappa shape index (κ2) is 6.95. The van der Waals surface area contributed by atoms with Crippen LogP contribution < -0.4 is 5.56 Å². The van der Waals surface area contributed by atoms with Gasteiger partial charge in [-0.15, -0.1) is 0 Å². The number of benzene rings is 1. The Labute approximate surface area is 149 Å². The number of amides is 1. The van der Waals surface area contributed by atoms with E-state index < -0.39 is 5.56 Å². The van der Waals surface area contributed by atoms with E-state index in [1.807, 2.05) is 4.90 Å². The monoisotopic (exact) mass is 365 g/mol. The van der Waals surface area contributed by atoms with Crippen LogP contribution in [0, 0.1) is 5.92 Å². The normalized spacial score (nSPS) is 17.8. The Bertz CT molecular complexity index is 818. The minimum Gasteiger partial charge on any atom is -0.338 e. The minimum absolute atomic E-state index is 0.0162. The molecular weight excluding hydrogens is 349 g/mol. The van der Waals surface area contributed by atoms with Crippen molar-refractivity contribution < 1.29 is 4.79 Å². The van der Waals surface area contributed by atoms with E-state index in [9.17, 15) is 9.59 Å². The van der Waals surface area contributed by atoms with Crippen LogP contribution in [0.15, 0.2) is 35.3 Å². The molecule has 3 rings (SSSR count). The molecule has 1 aliphatic rings. The number of piperidine rings is 1. The van der Waals surface area contributed by atoms with Gasteiger partial charge in [-0.25, -0.2) is 0 Å². The van der Waals surface area contributed by atoms with Gasteiger partial charge in [-0.1, -0.05) is 30.1 Å². The SMILES string of the molecule is CC1CCCN(C(=O)c2ccc(-n3ncc(Cl)c(Cl)c3=O)cc2)C1. The molecule has 1 aromatic heterocycles. The van der Waals surface area contributed by atoms with Crippen molar-refractivity contribution in [1.29, 1.82) is 0 Å². The van der Waals surface area contributed by atoms with Gasteiger partial charge in [0.15, 0.2) is 0 Å². The molecule has 0 radical (unpaired) electrons. The number of likely N-dealkylation sites (tertiary alicyclic amines) is 1. The van der Waals surface area contributed by atoms with Crippen LogP contribution in [-0.2, 0) is 0 Å². The van der Waals surface area contributed by atoms with Crippen molar-refractivity contribution in [3.05, 3.63) is 56.4 Å². The fourth-order valence-electron chi connectivity index (χ4n) is 2.90. The molecule has 1 aliphatic heterocycles. The molecule has 1 aromatic carbocycles. The Morgan fingerprint density at radius 1 is 1.25 bits per heavy atom. The van der Waals surface area contributed by atoms with Gasteiger partial charge in [0, 0.05) is 18.7 Å². The Kier molecular flexibility index (Phi) is 4.92. The van der Waals surface area contributed by atoms with E-state index in [1.54, 1.807) is 24.3 Å². The van der Waals surface area contributed by atoms with E-state index >= 15 is 0 Å². The van der Waals surface area contributed by atoms with Gasteiger partial charge >= 0.3 is 0 Å². The Morgan fingerprint density at radius 2 is 1.96 bits per heavy atom. The predicted octanol–water partition coefficient (Wildman–Crippen LogP) is 3.41. The maximum absolute atomic E-state index is 12.6. The van der Waals surface area contributed by atoms with Crippen LogP contribution in [0.3, 0.4) is 0 Å². The van der Waals surface area contributed by atoms with E-state index in [2.05, 4.69) is 12.0 Å². The third kappa shape index (κ3) is 3.32. The average Bonchev–Trinajstić information content (AvgIpc) is 2.59. The Hall–Kier alpha value is -1.85. The zero-order valence-corrected chi connectivity index (χ0v) is 14.7. The van der Waals surface area contributed by atoms with E-state index in [0.717, 1.165) is 30.6 Å². The molecule has 1 atom stereocenters. The third-order valence-electron chi connectivity index (χ3n) is 4.18. The molecule has 7 heteroatoms. The quantitative estimate of drug-likeness (QED) is 0.819. The second-order valence-corrected chi connectivity index (χ2v) is 6.85. The fourth-order valence-corrected chi connectivity index (χ4v) is 3.15. The van der Waals surface area contributed by atoms with Crippen LogP contribution in [0.5, 0.6) is 0 Å². The molecule has 126 valence electrons. The predicted molar refractivity (Wildman–Crippen MR) is 94.2 cm³/mol. The van der Waals surface area contributed by atoms with Gasteiger partial charge < -0.3 is 4.90 Å². The first-order chi connectivity index (χ1) is 11.5. The summed E-state index contributed by atoms with van der Waals surface area (Å²) in [5.74, 6) is 0.545. The van der Waals surface area contributed by atoms with Crippen LogP contribution in [-0.4, -0.2) is 33.7 Å². The van der Waals surface area contributed by atoms with Gasteiger partial charge in [0.05, 0.1) is 16.9 Å². The number of carbonyl (C=O) groups excluding carboxylic acids is 1. The van der Waals surface area contributed by atoms with Crippen molar-refractivity contribution >= 4 is 29.1 Å². The second-order valence-electron chi connectivity index (χ2n) is 6.07. The molecule has 2 heterocycles. The molecule has 24 heavy (non-hydrogen) atoms. The maximum atomic E-state index is 12.6. The van der Waals surface area contributed by atoms with E-state index in [0.29, 0.717) is 17.2 Å². The molecule has 1 unspecified atom stereocenters. The number of rotatable bonds is 2. The summed E-state index contributed by atoms with van der Waals surface area (Å²) < 4.78 is 1.16. The summed E-state index contributed by atoms with van der Waals surface area (Å²) in [6.45, 7) is 3.73. The molecule has 5 nitrogen and oxygen atoms in total. The van der Waals surface area contributed by atoms with Crippen LogP contribution in [0.1, 0.15) is 30.1 Å². The summed E-state index contributed by atoms with van der Waals surface area (Å²) in [5, 5.41) is 4.02. The smallest absolute Gasteiger partial charge is 0.291 e. The summed E-state index contributed by atoms with van der Waals surface area (Å²) in [5.41, 5.74) is 0.635. The lowest BCUT2D eigenvalue weighted by atomic mass is 9.99. The third-order valence-corrected chi connectivity index (χ3v) is 4.93. The average molecular weight is 366 g/mol. The highest BCUT2D eigenvalue weighted by Gasteiger charge is 2.22. The number of nitrogens with zero attached hydrogens (tertiary/aromatic N) is 3. The highest BCUT2D eigenvalue weighted by atomic mass is 35.5. The van der Waals surface area contributed by atoms with Gasteiger partial charge in [-0.2, -0.15) is 9.78 Å². The van der Waals surface area contributed by atoms with Gasteiger partial charge in [0.1, 0.15) is 5.02 Å². The van der Waals surface area contributed by atoms with Crippen molar-refractivity contribution in [2.45, 2.75) is 19.8 Å². The summed E-state index contributed by atoms with van der Waals surface area (Å²) in [6, 6.07) is 6.76. The van der Waals surface area contributed by atoms with Crippen molar-refractivity contribution in [1.82, 2.24) is 14.7 Å². The first kappa shape index (κ1) is 17.0. The summed E-state index contributed by atoms with van der Waals surface area (Å²) in [7, 11) is 0. The lowest BCUT2D eigenvalue weighted by Crippen LogP contribution is -2.39. The molecule has 1 amide bonds. The molecule has 0 N–H and O–H groups in total. The first-order valence-corrected chi connectivity index (χ1v) is 8.56. The number of hydrogen-bond acceptors (Lipinski definition) is 3. The molecule has 2 aromatic rings. The van der Waals surface area contributed by atoms with E-state index in [1.165, 1.54) is 6.20 Å². The number of aromatic nitrogens is 2.